The first-order valence-corrected chi connectivity index (χ1v) is 9.05. The zero-order chi connectivity index (χ0) is 15.2. The van der Waals surface area contributed by atoms with Crippen molar-refractivity contribution in [2.24, 2.45) is 0 Å². The van der Waals surface area contributed by atoms with Crippen LogP contribution in [0.2, 0.25) is 0 Å². The van der Waals surface area contributed by atoms with Crippen LogP contribution in [0.15, 0.2) is 59.1 Å². The van der Waals surface area contributed by atoms with E-state index < -0.39 is 5.72 Å². The largest absolute Gasteiger partial charge is 0.346 e. The van der Waals surface area contributed by atoms with Gasteiger partial charge in [-0.15, -0.1) is 0 Å². The highest BCUT2D eigenvalue weighted by atomic mass is 79.9. The van der Waals surface area contributed by atoms with E-state index in [1.807, 2.05) is 54.2 Å². The van der Waals surface area contributed by atoms with Crippen molar-refractivity contribution in [1.29, 1.82) is 0 Å². The van der Waals surface area contributed by atoms with Gasteiger partial charge < -0.3 is 5.11 Å². The Balaban J connectivity index is 1.77. The lowest BCUT2D eigenvalue weighted by atomic mass is 10.0. The SMILES string of the molecule is OC1(c2ccccc2)CN(c2ccc(Br)cc2)C2=[N+]1CCS2. The number of hydrogen-bond acceptors (Lipinski definition) is 3. The van der Waals surface area contributed by atoms with Gasteiger partial charge in [0.15, 0.2) is 6.54 Å². The first-order valence-electron chi connectivity index (χ1n) is 7.27. The first-order chi connectivity index (χ1) is 10.7. The van der Waals surface area contributed by atoms with Gasteiger partial charge in [-0.2, -0.15) is 0 Å². The Kier molecular flexibility index (Phi) is 3.51. The number of nitrogens with zero attached hydrogens (tertiary/aromatic N) is 2. The Morgan fingerprint density at radius 3 is 2.55 bits per heavy atom. The molecule has 0 spiro atoms. The third kappa shape index (κ3) is 2.19. The predicted octanol–water partition coefficient (Wildman–Crippen LogP) is 3.23. The van der Waals surface area contributed by atoms with Crippen LogP contribution in [-0.2, 0) is 5.72 Å². The lowest BCUT2D eigenvalue weighted by molar-refractivity contribution is -0.650. The molecule has 0 aromatic heterocycles. The van der Waals surface area contributed by atoms with Crippen LogP contribution in [-0.4, -0.2) is 33.7 Å². The summed E-state index contributed by atoms with van der Waals surface area (Å²) in [5.74, 6) is 1.01. The summed E-state index contributed by atoms with van der Waals surface area (Å²) < 4.78 is 3.20. The molecular formula is C17H16BrN2OS+. The molecule has 1 unspecified atom stereocenters. The maximum Gasteiger partial charge on any atom is 0.316 e. The molecule has 5 heteroatoms. The topological polar surface area (TPSA) is 26.5 Å². The molecule has 4 rings (SSSR count). The monoisotopic (exact) mass is 375 g/mol. The van der Waals surface area contributed by atoms with Crippen molar-refractivity contribution < 1.29 is 9.68 Å². The minimum absolute atomic E-state index is 0.557. The predicted molar refractivity (Wildman–Crippen MR) is 94.4 cm³/mol. The minimum Gasteiger partial charge on any atom is -0.346 e. The van der Waals surface area contributed by atoms with E-state index in [1.165, 1.54) is 0 Å². The molecule has 22 heavy (non-hydrogen) atoms. The summed E-state index contributed by atoms with van der Waals surface area (Å²) in [6.45, 7) is 1.43. The fraction of sp³-hybridized carbons (Fsp3) is 0.235. The maximum absolute atomic E-state index is 11.4. The molecule has 2 aromatic carbocycles. The van der Waals surface area contributed by atoms with Gasteiger partial charge in [-0.3, -0.25) is 0 Å². The van der Waals surface area contributed by atoms with Gasteiger partial charge >= 0.3 is 5.17 Å². The summed E-state index contributed by atoms with van der Waals surface area (Å²) in [5.41, 5.74) is 1.12. The number of anilines is 1. The fourth-order valence-electron chi connectivity index (χ4n) is 3.12. The van der Waals surface area contributed by atoms with Gasteiger partial charge in [0, 0.05) is 15.8 Å². The van der Waals surface area contributed by atoms with Crippen LogP contribution < -0.4 is 4.90 Å². The number of hydrogen-bond donors (Lipinski definition) is 1. The zero-order valence-corrected chi connectivity index (χ0v) is 14.3. The molecule has 1 atom stereocenters. The van der Waals surface area contributed by atoms with Crippen molar-refractivity contribution in [2.45, 2.75) is 5.72 Å². The van der Waals surface area contributed by atoms with Gasteiger partial charge in [0.25, 0.3) is 5.72 Å². The van der Waals surface area contributed by atoms with E-state index in [2.05, 4.69) is 37.5 Å². The summed E-state index contributed by atoms with van der Waals surface area (Å²) in [4.78, 5) is 2.22. The Labute approximate surface area is 142 Å². The zero-order valence-electron chi connectivity index (χ0n) is 11.9. The van der Waals surface area contributed by atoms with Gasteiger partial charge in [0.2, 0.25) is 0 Å². The van der Waals surface area contributed by atoms with Crippen LogP contribution in [0.25, 0.3) is 0 Å². The molecule has 0 aliphatic carbocycles. The molecule has 1 N–H and O–H groups in total. The number of aliphatic hydroxyl groups is 1. The minimum atomic E-state index is -0.951. The molecule has 112 valence electrons. The molecule has 2 aliphatic rings. The lowest BCUT2D eigenvalue weighted by Crippen LogP contribution is -2.41. The van der Waals surface area contributed by atoms with E-state index in [1.54, 1.807) is 0 Å². The molecule has 0 radical (unpaired) electrons. The molecule has 0 saturated heterocycles. The number of amidine groups is 1. The molecule has 2 aromatic rings. The fourth-order valence-corrected chi connectivity index (χ4v) is 4.56. The third-order valence-corrected chi connectivity index (χ3v) is 5.82. The van der Waals surface area contributed by atoms with E-state index in [0.717, 1.165) is 33.2 Å². The van der Waals surface area contributed by atoms with Gasteiger partial charge in [0.1, 0.15) is 5.69 Å². The number of thioether (sulfide) groups is 1. The Bertz CT molecular complexity index is 732. The number of β-amino-alcohol motifs (C(OH)–C–C–N with tert-alkyl or cyclic N) is 1. The molecule has 3 nitrogen and oxygen atoms in total. The maximum atomic E-state index is 11.4. The van der Waals surface area contributed by atoms with Crippen LogP contribution >= 0.6 is 27.7 Å². The second-order valence-corrected chi connectivity index (χ2v) is 7.51. The Morgan fingerprint density at radius 2 is 1.82 bits per heavy atom. The quantitative estimate of drug-likeness (QED) is 0.816. The van der Waals surface area contributed by atoms with E-state index in [4.69, 9.17) is 0 Å². The van der Waals surface area contributed by atoms with E-state index in [9.17, 15) is 5.11 Å². The van der Waals surface area contributed by atoms with Crippen molar-refractivity contribution in [3.05, 3.63) is 64.6 Å². The van der Waals surface area contributed by atoms with Gasteiger partial charge in [0.05, 0.1) is 6.54 Å². The molecular weight excluding hydrogens is 360 g/mol. The molecule has 0 fully saturated rings. The van der Waals surface area contributed by atoms with Crippen LogP contribution in [0.4, 0.5) is 5.69 Å². The molecule has 0 bridgehead atoms. The number of halogens is 1. The van der Waals surface area contributed by atoms with Gasteiger partial charge in [-0.1, -0.05) is 46.3 Å². The van der Waals surface area contributed by atoms with E-state index in [0.29, 0.717) is 6.54 Å². The molecule has 0 saturated carbocycles. The molecule has 0 amide bonds. The van der Waals surface area contributed by atoms with Crippen LogP contribution in [0.5, 0.6) is 0 Å². The van der Waals surface area contributed by atoms with E-state index in [-0.39, 0.29) is 0 Å². The van der Waals surface area contributed by atoms with Crippen molar-refractivity contribution >= 4 is 38.5 Å². The number of benzene rings is 2. The summed E-state index contributed by atoms with van der Waals surface area (Å²) in [6, 6.07) is 18.2. The normalized spacial score (nSPS) is 24.0. The summed E-state index contributed by atoms with van der Waals surface area (Å²) in [5, 5.41) is 12.5. The first kappa shape index (κ1) is 14.3. The Hall–Kier alpha value is -1.30. The van der Waals surface area contributed by atoms with Gasteiger partial charge in [-0.25, -0.2) is 9.48 Å². The second kappa shape index (κ2) is 5.41. The van der Waals surface area contributed by atoms with Crippen LogP contribution in [0.3, 0.4) is 0 Å². The highest BCUT2D eigenvalue weighted by Gasteiger charge is 2.54. The Morgan fingerprint density at radius 1 is 1.09 bits per heavy atom. The van der Waals surface area contributed by atoms with Crippen molar-refractivity contribution in [1.82, 2.24) is 0 Å². The summed E-state index contributed by atoms with van der Waals surface area (Å²) >= 11 is 5.29. The van der Waals surface area contributed by atoms with Gasteiger partial charge in [-0.05, 0) is 36.0 Å². The van der Waals surface area contributed by atoms with Crippen LogP contribution in [0, 0.1) is 0 Å². The number of rotatable bonds is 2. The van der Waals surface area contributed by atoms with E-state index >= 15 is 0 Å². The average molecular weight is 376 g/mol. The molecule has 2 aliphatic heterocycles. The summed E-state index contributed by atoms with van der Waals surface area (Å²) in [7, 11) is 0. The average Bonchev–Trinajstić information content (AvgIpc) is 3.13. The standard InChI is InChI=1S/C17H16BrN2OS/c18-14-6-8-15(9-7-14)19-12-17(21,13-4-2-1-3-5-13)20-10-11-22-16(19)20/h1-9,21H,10-12H2/q+1. The van der Waals surface area contributed by atoms with Crippen molar-refractivity contribution in [3.8, 4) is 0 Å². The molecule has 2 heterocycles. The van der Waals surface area contributed by atoms with Crippen molar-refractivity contribution in [2.75, 3.05) is 23.7 Å². The third-order valence-electron chi connectivity index (χ3n) is 4.21. The highest BCUT2D eigenvalue weighted by Crippen LogP contribution is 2.38. The highest BCUT2D eigenvalue weighted by molar-refractivity contribution is 9.10. The summed E-state index contributed by atoms with van der Waals surface area (Å²) in [6.07, 6.45) is 0. The van der Waals surface area contributed by atoms with Crippen molar-refractivity contribution in [3.63, 3.8) is 0 Å². The smallest absolute Gasteiger partial charge is 0.316 e. The van der Waals surface area contributed by atoms with Crippen LogP contribution in [0.1, 0.15) is 5.56 Å². The lowest BCUT2D eigenvalue weighted by Gasteiger charge is -2.22. The second-order valence-electron chi connectivity index (χ2n) is 5.53.